The van der Waals surface area contributed by atoms with Crippen LogP contribution in [-0.2, 0) is 9.53 Å². The number of alkyl carbamates (subject to hydrolysis) is 1. The number of amides is 1. The average Bonchev–Trinajstić information content (AvgIpc) is 3.06. The van der Waals surface area contributed by atoms with Gasteiger partial charge in [-0.15, -0.1) is 11.8 Å². The SMILES string of the molecule is CC#CCC1([C@H](NC(=O)OCC2c3ccccc3-c3ccccc32)C(=O)O)C[N+](C)(C)C1. The lowest BCUT2D eigenvalue weighted by Gasteiger charge is -2.54. The number of ether oxygens (including phenoxy) is 1. The highest BCUT2D eigenvalue weighted by Gasteiger charge is 2.59. The molecule has 2 N–H and O–H groups in total. The molecule has 166 valence electrons. The number of carboxylic acid groups (broad SMARTS) is 1. The number of carboxylic acids is 1. The van der Waals surface area contributed by atoms with Gasteiger partial charge in [-0.3, -0.25) is 0 Å². The van der Waals surface area contributed by atoms with E-state index in [9.17, 15) is 14.7 Å². The van der Waals surface area contributed by atoms with Gasteiger partial charge >= 0.3 is 12.1 Å². The molecule has 1 amide bonds. The summed E-state index contributed by atoms with van der Waals surface area (Å²) in [6, 6.07) is 15.2. The maximum absolute atomic E-state index is 12.7. The van der Waals surface area contributed by atoms with E-state index in [1.54, 1.807) is 6.92 Å². The van der Waals surface area contributed by atoms with Gasteiger partial charge in [0.15, 0.2) is 0 Å². The summed E-state index contributed by atoms with van der Waals surface area (Å²) >= 11 is 0. The van der Waals surface area contributed by atoms with Gasteiger partial charge in [-0.1, -0.05) is 48.5 Å². The summed E-state index contributed by atoms with van der Waals surface area (Å²) in [7, 11) is 4.09. The molecule has 1 saturated heterocycles. The number of aliphatic carboxylic acids is 1. The number of fused-ring (bicyclic) bond motifs is 3. The molecule has 0 unspecified atom stereocenters. The van der Waals surface area contributed by atoms with Crippen LogP contribution in [0.4, 0.5) is 4.79 Å². The molecule has 2 aliphatic rings. The largest absolute Gasteiger partial charge is 0.480 e. The second-order valence-electron chi connectivity index (χ2n) is 9.46. The monoisotopic (exact) mass is 433 g/mol. The smallest absolute Gasteiger partial charge is 0.407 e. The summed E-state index contributed by atoms with van der Waals surface area (Å²) in [6.45, 7) is 3.14. The van der Waals surface area contributed by atoms with Crippen molar-refractivity contribution in [3.63, 3.8) is 0 Å². The molecule has 1 aliphatic carbocycles. The van der Waals surface area contributed by atoms with Crippen LogP contribution >= 0.6 is 0 Å². The summed E-state index contributed by atoms with van der Waals surface area (Å²) in [5.74, 6) is 4.74. The van der Waals surface area contributed by atoms with Crippen LogP contribution in [0, 0.1) is 17.3 Å². The van der Waals surface area contributed by atoms with Crippen molar-refractivity contribution < 1.29 is 23.9 Å². The van der Waals surface area contributed by atoms with E-state index in [1.165, 1.54) is 0 Å². The van der Waals surface area contributed by atoms with Crippen molar-refractivity contribution in [1.29, 1.82) is 0 Å². The number of nitrogens with zero attached hydrogens (tertiary/aromatic N) is 1. The second kappa shape index (κ2) is 8.33. The summed E-state index contributed by atoms with van der Waals surface area (Å²) in [4.78, 5) is 24.8. The van der Waals surface area contributed by atoms with Crippen molar-refractivity contribution in [1.82, 2.24) is 5.32 Å². The Morgan fingerprint density at radius 3 is 2.19 bits per heavy atom. The van der Waals surface area contributed by atoms with E-state index in [-0.39, 0.29) is 12.5 Å². The van der Waals surface area contributed by atoms with E-state index < -0.39 is 23.5 Å². The van der Waals surface area contributed by atoms with Crippen molar-refractivity contribution in [3.8, 4) is 23.0 Å². The van der Waals surface area contributed by atoms with Crippen molar-refractivity contribution in [2.45, 2.75) is 25.3 Å². The number of hydrogen-bond acceptors (Lipinski definition) is 3. The molecule has 4 rings (SSSR count). The molecule has 2 aromatic carbocycles. The molecule has 0 saturated carbocycles. The lowest BCUT2D eigenvalue weighted by molar-refractivity contribution is -0.950. The highest BCUT2D eigenvalue weighted by molar-refractivity contribution is 5.82. The molecule has 6 heteroatoms. The van der Waals surface area contributed by atoms with Crippen LogP contribution in [-0.4, -0.2) is 61.5 Å². The first-order valence-corrected chi connectivity index (χ1v) is 10.8. The molecular formula is C26H29N2O4+. The van der Waals surface area contributed by atoms with E-state index in [4.69, 9.17) is 4.74 Å². The normalized spacial score (nSPS) is 18.2. The molecule has 2 aromatic rings. The Balaban J connectivity index is 1.48. The minimum atomic E-state index is -1.06. The lowest BCUT2D eigenvalue weighted by atomic mass is 9.69. The van der Waals surface area contributed by atoms with Gasteiger partial charge in [-0.25, -0.2) is 9.59 Å². The van der Waals surface area contributed by atoms with E-state index in [0.29, 0.717) is 24.0 Å². The van der Waals surface area contributed by atoms with Gasteiger partial charge in [0.1, 0.15) is 18.1 Å². The molecule has 0 bridgehead atoms. The zero-order chi connectivity index (χ0) is 22.9. The van der Waals surface area contributed by atoms with Gasteiger partial charge in [0.05, 0.1) is 27.2 Å². The quantitative estimate of drug-likeness (QED) is 0.540. The third kappa shape index (κ3) is 3.96. The predicted molar refractivity (Wildman–Crippen MR) is 122 cm³/mol. The van der Waals surface area contributed by atoms with Crippen LogP contribution in [0.1, 0.15) is 30.4 Å². The topological polar surface area (TPSA) is 75.6 Å². The average molecular weight is 434 g/mol. The Morgan fingerprint density at radius 2 is 1.69 bits per heavy atom. The molecule has 1 aliphatic heterocycles. The van der Waals surface area contributed by atoms with Crippen LogP contribution in [0.25, 0.3) is 11.1 Å². The highest BCUT2D eigenvalue weighted by Crippen LogP contribution is 2.44. The van der Waals surface area contributed by atoms with E-state index in [0.717, 1.165) is 22.3 Å². The van der Waals surface area contributed by atoms with Crippen LogP contribution in [0.5, 0.6) is 0 Å². The van der Waals surface area contributed by atoms with Crippen LogP contribution in [0.2, 0.25) is 0 Å². The zero-order valence-electron chi connectivity index (χ0n) is 18.7. The number of carbonyl (C=O) groups excluding carboxylic acids is 1. The number of carbonyl (C=O) groups is 2. The first kappa shape index (κ1) is 21.9. The van der Waals surface area contributed by atoms with E-state index in [1.807, 2.05) is 50.5 Å². The number of likely N-dealkylation sites (tertiary alicyclic amines) is 1. The third-order valence-electron chi connectivity index (χ3n) is 6.57. The fraction of sp³-hybridized carbons (Fsp3) is 0.385. The van der Waals surface area contributed by atoms with Crippen LogP contribution in [0.3, 0.4) is 0 Å². The number of nitrogens with one attached hydrogen (secondary N) is 1. The van der Waals surface area contributed by atoms with Gasteiger partial charge < -0.3 is 19.6 Å². The summed E-state index contributed by atoms with van der Waals surface area (Å²) in [6.07, 6.45) is -0.286. The molecule has 0 spiro atoms. The Hall–Kier alpha value is -3.30. The number of rotatable bonds is 6. The molecule has 32 heavy (non-hydrogen) atoms. The van der Waals surface area contributed by atoms with Crippen molar-refractivity contribution >= 4 is 12.1 Å². The maximum atomic E-state index is 12.7. The minimum Gasteiger partial charge on any atom is -0.480 e. The summed E-state index contributed by atoms with van der Waals surface area (Å²) in [5, 5.41) is 12.5. The Labute approximate surface area is 188 Å². The van der Waals surface area contributed by atoms with Crippen molar-refractivity contribution in [2.24, 2.45) is 5.41 Å². The molecule has 6 nitrogen and oxygen atoms in total. The van der Waals surface area contributed by atoms with Crippen molar-refractivity contribution in [2.75, 3.05) is 33.8 Å². The summed E-state index contributed by atoms with van der Waals surface area (Å²) < 4.78 is 6.28. The van der Waals surface area contributed by atoms with Gasteiger partial charge in [0.2, 0.25) is 0 Å². The molecule has 0 aromatic heterocycles. The zero-order valence-corrected chi connectivity index (χ0v) is 18.7. The number of benzene rings is 2. The van der Waals surface area contributed by atoms with Gasteiger partial charge in [0.25, 0.3) is 0 Å². The fourth-order valence-electron chi connectivity index (χ4n) is 5.55. The van der Waals surface area contributed by atoms with Crippen LogP contribution in [0.15, 0.2) is 48.5 Å². The highest BCUT2D eigenvalue weighted by atomic mass is 16.5. The van der Waals surface area contributed by atoms with E-state index >= 15 is 0 Å². The molecule has 0 radical (unpaired) electrons. The predicted octanol–water partition coefficient (Wildman–Crippen LogP) is 3.47. The minimum absolute atomic E-state index is 0.0735. The molecule has 1 atom stereocenters. The molecule has 1 heterocycles. The lowest BCUT2D eigenvalue weighted by Crippen LogP contribution is -2.73. The molecular weight excluding hydrogens is 404 g/mol. The first-order chi connectivity index (χ1) is 15.3. The number of hydrogen-bond donors (Lipinski definition) is 2. The third-order valence-corrected chi connectivity index (χ3v) is 6.57. The van der Waals surface area contributed by atoms with Crippen LogP contribution < -0.4 is 5.32 Å². The standard InChI is InChI=1S/C26H28N2O4/c1-4-5-14-26(16-28(2,3)17-26)23(24(29)30)27-25(31)32-15-22-20-12-8-6-10-18(20)19-11-7-9-13-21(19)22/h6-13,22-23H,14-17H2,1-3H3,(H-,27,29,30,31)/p+1/t23-/m1/s1. The Morgan fingerprint density at radius 1 is 1.12 bits per heavy atom. The Kier molecular flexibility index (Phi) is 5.70. The van der Waals surface area contributed by atoms with Gasteiger partial charge in [0, 0.05) is 12.3 Å². The van der Waals surface area contributed by atoms with E-state index in [2.05, 4.69) is 29.3 Å². The fourth-order valence-corrected chi connectivity index (χ4v) is 5.55. The molecule has 1 fully saturated rings. The maximum Gasteiger partial charge on any atom is 0.407 e. The Bertz CT molecular complexity index is 1060. The van der Waals surface area contributed by atoms with Gasteiger partial charge in [-0.2, -0.15) is 0 Å². The van der Waals surface area contributed by atoms with Gasteiger partial charge in [-0.05, 0) is 29.2 Å². The number of quaternary nitrogens is 1. The first-order valence-electron chi connectivity index (χ1n) is 10.8. The summed E-state index contributed by atoms with van der Waals surface area (Å²) in [5.41, 5.74) is 3.91. The van der Waals surface area contributed by atoms with Crippen molar-refractivity contribution in [3.05, 3.63) is 59.7 Å². The second-order valence-corrected chi connectivity index (χ2v) is 9.46.